The quantitative estimate of drug-likeness (QED) is 0.482. The van der Waals surface area contributed by atoms with Crippen LogP contribution in [-0.2, 0) is 34.2 Å². The summed E-state index contributed by atoms with van der Waals surface area (Å²) >= 11 is 0. The van der Waals surface area contributed by atoms with Gasteiger partial charge in [-0.2, -0.15) is 13.5 Å². The van der Waals surface area contributed by atoms with Crippen LogP contribution in [0.1, 0.15) is 5.56 Å². The topological polar surface area (TPSA) is 117 Å². The summed E-state index contributed by atoms with van der Waals surface area (Å²) in [5.74, 6) is -2.02. The van der Waals surface area contributed by atoms with Gasteiger partial charge in [-0.1, -0.05) is 3.89 Å². The number of aromatic nitrogens is 2. The summed E-state index contributed by atoms with van der Waals surface area (Å²) in [5.41, 5.74) is 0.00567. The van der Waals surface area contributed by atoms with Crippen molar-refractivity contribution in [3.8, 4) is 22.8 Å². The first-order valence-electron chi connectivity index (χ1n) is 8.68. The lowest BCUT2D eigenvalue weighted by Crippen LogP contribution is -2.10. The number of anilines is 1. The number of nitrogens with zero attached hydrogens (tertiary/aromatic N) is 2. The minimum absolute atomic E-state index is 0.00814. The highest BCUT2D eigenvalue weighted by atomic mass is 32.3. The zero-order valence-electron chi connectivity index (χ0n) is 16.5. The molecule has 0 amide bonds. The zero-order valence-corrected chi connectivity index (χ0v) is 18.2. The Labute approximate surface area is 181 Å². The molecule has 0 radical (unpaired) electrons. The molecule has 32 heavy (non-hydrogen) atoms. The lowest BCUT2D eigenvalue weighted by Gasteiger charge is -2.11. The maximum atomic E-state index is 14.6. The average Bonchev–Trinajstić information content (AvgIpc) is 2.99. The predicted molar refractivity (Wildman–Crippen MR) is 108 cm³/mol. The Bertz CT molecular complexity index is 1330. The highest BCUT2D eigenvalue weighted by molar-refractivity contribution is 7.92. The number of aryl methyl sites for hydroxylation is 1. The molecule has 1 heterocycles. The molecule has 0 saturated carbocycles. The molecule has 0 spiro atoms. The van der Waals surface area contributed by atoms with E-state index in [1.807, 2.05) is 0 Å². The smallest absolute Gasteiger partial charge is 0.488 e. The van der Waals surface area contributed by atoms with Crippen molar-refractivity contribution in [3.05, 3.63) is 59.7 Å². The average molecular weight is 491 g/mol. The Balaban J connectivity index is 1.77. The Morgan fingerprint density at radius 1 is 1.00 bits per heavy atom. The molecule has 1 aromatic heterocycles. The fraction of sp³-hybridized carbons (Fsp3) is 0.167. The summed E-state index contributed by atoms with van der Waals surface area (Å²) in [6.07, 6.45) is 0.943. The molecule has 2 aromatic carbocycles. The van der Waals surface area contributed by atoms with Gasteiger partial charge < -0.3 is 8.92 Å². The van der Waals surface area contributed by atoms with Gasteiger partial charge in [0, 0.05) is 18.7 Å². The van der Waals surface area contributed by atoms with Crippen LogP contribution in [-0.4, -0.2) is 32.9 Å². The third kappa shape index (κ3) is 6.13. The molecule has 0 aliphatic heterocycles. The van der Waals surface area contributed by atoms with Crippen LogP contribution in [0.4, 0.5) is 18.5 Å². The summed E-state index contributed by atoms with van der Waals surface area (Å²) in [6, 6.07) is 8.09. The molecule has 3 rings (SSSR count). The number of hydrogen-bond donors (Lipinski definition) is 1. The minimum atomic E-state index is -5.17. The molecule has 0 bridgehead atoms. The second kappa shape index (κ2) is 8.70. The van der Waals surface area contributed by atoms with Gasteiger partial charge >= 0.3 is 10.5 Å². The van der Waals surface area contributed by atoms with Crippen LogP contribution in [0.5, 0.6) is 11.5 Å². The molecular formula is C18H16F3N3O6S2. The van der Waals surface area contributed by atoms with Gasteiger partial charge in [-0.25, -0.2) is 17.2 Å². The second-order valence-corrected chi connectivity index (χ2v) is 9.27. The van der Waals surface area contributed by atoms with Crippen LogP contribution in [0, 0.1) is 11.6 Å². The van der Waals surface area contributed by atoms with E-state index in [1.54, 1.807) is 0 Å². The minimum Gasteiger partial charge on any atom is -0.489 e. The van der Waals surface area contributed by atoms with E-state index >= 15 is 0 Å². The van der Waals surface area contributed by atoms with Crippen molar-refractivity contribution in [2.24, 2.45) is 7.05 Å². The van der Waals surface area contributed by atoms with Crippen LogP contribution in [0.25, 0.3) is 11.3 Å². The molecule has 0 fully saturated rings. The molecular weight excluding hydrogens is 475 g/mol. The first-order chi connectivity index (χ1) is 14.8. The summed E-state index contributed by atoms with van der Waals surface area (Å²) in [5, 5.41) is 3.94. The van der Waals surface area contributed by atoms with Crippen LogP contribution in [0.3, 0.4) is 0 Å². The van der Waals surface area contributed by atoms with E-state index in [0.717, 1.165) is 30.5 Å². The molecule has 0 aliphatic carbocycles. The van der Waals surface area contributed by atoms with Gasteiger partial charge in [-0.15, -0.1) is 0 Å². The van der Waals surface area contributed by atoms with Gasteiger partial charge in [0.1, 0.15) is 29.7 Å². The standard InChI is InChI=1S/C18H16F3N3O6S2/c1-24-17(9-18(22-24)23-31(2,25)26)11-7-15(19)14(16(20)8-11)10-29-12-3-5-13(6-4-12)30-32(21,27)28/h3-9H,10H2,1-2H3,(H,22,23). The van der Waals surface area contributed by atoms with Gasteiger partial charge in [-0.3, -0.25) is 9.40 Å². The summed E-state index contributed by atoms with van der Waals surface area (Å²) in [7, 11) is -7.27. The van der Waals surface area contributed by atoms with Crippen LogP contribution in [0.15, 0.2) is 42.5 Å². The summed E-state index contributed by atoms with van der Waals surface area (Å²) < 4.78 is 98.0. The number of sulfonamides is 1. The number of rotatable bonds is 8. The van der Waals surface area contributed by atoms with Crippen LogP contribution >= 0.6 is 0 Å². The van der Waals surface area contributed by atoms with Gasteiger partial charge in [-0.05, 0) is 36.4 Å². The predicted octanol–water partition coefficient (Wildman–Crippen LogP) is 2.91. The van der Waals surface area contributed by atoms with Gasteiger partial charge in [0.15, 0.2) is 5.82 Å². The number of hydrogen-bond acceptors (Lipinski definition) is 7. The van der Waals surface area contributed by atoms with Crippen molar-refractivity contribution in [1.29, 1.82) is 0 Å². The number of halogens is 3. The Kier molecular flexibility index (Phi) is 6.37. The largest absolute Gasteiger partial charge is 0.489 e. The first-order valence-corrected chi connectivity index (χ1v) is 11.9. The maximum Gasteiger partial charge on any atom is 0.488 e. The van der Waals surface area contributed by atoms with Crippen LogP contribution in [0.2, 0.25) is 0 Å². The monoisotopic (exact) mass is 491 g/mol. The van der Waals surface area contributed by atoms with E-state index in [-0.39, 0.29) is 34.1 Å². The normalized spacial score (nSPS) is 11.9. The second-order valence-electron chi connectivity index (χ2n) is 6.57. The van der Waals surface area contributed by atoms with Gasteiger partial charge in [0.05, 0.1) is 17.5 Å². The highest BCUT2D eigenvalue weighted by Gasteiger charge is 2.17. The molecule has 9 nitrogen and oxygen atoms in total. The van der Waals surface area contributed by atoms with E-state index in [2.05, 4.69) is 14.0 Å². The lowest BCUT2D eigenvalue weighted by atomic mass is 10.1. The maximum absolute atomic E-state index is 14.6. The van der Waals surface area contributed by atoms with Crippen LogP contribution < -0.4 is 13.6 Å². The Hall–Kier alpha value is -3.26. The van der Waals surface area contributed by atoms with E-state index in [4.69, 9.17) is 4.74 Å². The Morgan fingerprint density at radius 3 is 2.09 bits per heavy atom. The van der Waals surface area contributed by atoms with E-state index in [0.29, 0.717) is 0 Å². The summed E-state index contributed by atoms with van der Waals surface area (Å²) in [4.78, 5) is 0. The van der Waals surface area contributed by atoms with Crippen molar-refractivity contribution < 1.29 is 38.4 Å². The first kappa shape index (κ1) is 23.4. The highest BCUT2D eigenvalue weighted by Crippen LogP contribution is 2.27. The number of ether oxygens (including phenoxy) is 1. The van der Waals surface area contributed by atoms with Gasteiger partial charge in [0.25, 0.3) is 0 Å². The van der Waals surface area contributed by atoms with Crippen molar-refractivity contribution in [3.63, 3.8) is 0 Å². The fourth-order valence-electron chi connectivity index (χ4n) is 2.73. The van der Waals surface area contributed by atoms with Crippen molar-refractivity contribution in [2.75, 3.05) is 11.0 Å². The molecule has 0 unspecified atom stereocenters. The van der Waals surface area contributed by atoms with Crippen molar-refractivity contribution in [1.82, 2.24) is 9.78 Å². The molecule has 172 valence electrons. The zero-order chi connectivity index (χ0) is 23.7. The van der Waals surface area contributed by atoms with E-state index < -0.39 is 38.8 Å². The third-order valence-electron chi connectivity index (χ3n) is 4.01. The molecule has 0 atom stereocenters. The van der Waals surface area contributed by atoms with Crippen molar-refractivity contribution in [2.45, 2.75) is 6.61 Å². The molecule has 1 N–H and O–H groups in total. The fourth-order valence-corrected chi connectivity index (χ4v) is 3.55. The SMILES string of the molecule is Cn1nc(NS(C)(=O)=O)cc1-c1cc(F)c(COc2ccc(OS(=O)(=O)F)cc2)c(F)c1. The van der Waals surface area contributed by atoms with E-state index in [9.17, 15) is 29.5 Å². The molecule has 0 saturated heterocycles. The Morgan fingerprint density at radius 2 is 1.56 bits per heavy atom. The lowest BCUT2D eigenvalue weighted by molar-refractivity contribution is 0.292. The van der Waals surface area contributed by atoms with Gasteiger partial charge in [0.2, 0.25) is 10.0 Å². The molecule has 3 aromatic rings. The summed E-state index contributed by atoms with van der Waals surface area (Å²) in [6.45, 7) is -0.494. The van der Waals surface area contributed by atoms with Crippen molar-refractivity contribution >= 4 is 26.3 Å². The number of benzene rings is 2. The molecule has 0 aliphatic rings. The van der Waals surface area contributed by atoms with E-state index in [1.165, 1.54) is 29.9 Å². The number of nitrogens with one attached hydrogen (secondary N) is 1. The molecule has 14 heteroatoms. The third-order valence-corrected chi connectivity index (χ3v) is 4.98.